The van der Waals surface area contributed by atoms with Crippen LogP contribution in [-0.2, 0) is 0 Å². The Hall–Kier alpha value is -1.09. The van der Waals surface area contributed by atoms with Gasteiger partial charge in [-0.25, -0.2) is 4.98 Å². The third kappa shape index (κ3) is 2.98. The van der Waals surface area contributed by atoms with E-state index >= 15 is 0 Å². The van der Waals surface area contributed by atoms with Crippen LogP contribution < -0.4 is 4.90 Å². The van der Waals surface area contributed by atoms with Crippen molar-refractivity contribution >= 4 is 5.82 Å². The summed E-state index contributed by atoms with van der Waals surface area (Å²) in [6.45, 7) is 7.10. The minimum Gasteiger partial charge on any atom is -0.357 e. The molecule has 1 atom stereocenters. The Morgan fingerprint density at radius 1 is 1.10 bits per heavy atom. The van der Waals surface area contributed by atoms with Crippen LogP contribution in [0.5, 0.6) is 0 Å². The molecule has 1 aromatic heterocycles. The molecule has 2 saturated heterocycles. The summed E-state index contributed by atoms with van der Waals surface area (Å²) >= 11 is 0. The molecule has 0 N–H and O–H groups in total. The Balaban J connectivity index is 1.69. The molecule has 0 aromatic carbocycles. The van der Waals surface area contributed by atoms with Gasteiger partial charge in [0.1, 0.15) is 5.82 Å². The highest BCUT2D eigenvalue weighted by molar-refractivity contribution is 5.40. The van der Waals surface area contributed by atoms with E-state index in [1.54, 1.807) is 0 Å². The molecule has 0 radical (unpaired) electrons. The minimum atomic E-state index is 0.609. The Morgan fingerprint density at radius 2 is 1.95 bits per heavy atom. The number of hydrogen-bond donors (Lipinski definition) is 0. The van der Waals surface area contributed by atoms with Gasteiger partial charge >= 0.3 is 0 Å². The first kappa shape index (κ1) is 13.9. The van der Waals surface area contributed by atoms with Gasteiger partial charge in [0.15, 0.2) is 0 Å². The molecule has 3 rings (SSSR count). The topological polar surface area (TPSA) is 19.4 Å². The van der Waals surface area contributed by atoms with Crippen LogP contribution in [0.4, 0.5) is 5.82 Å². The normalized spacial score (nSPS) is 24.2. The van der Waals surface area contributed by atoms with Crippen molar-refractivity contribution in [2.45, 2.75) is 51.5 Å². The van der Waals surface area contributed by atoms with Gasteiger partial charge in [-0.1, -0.05) is 13.0 Å². The van der Waals surface area contributed by atoms with E-state index in [1.165, 1.54) is 76.1 Å². The maximum atomic E-state index is 4.74. The van der Waals surface area contributed by atoms with Crippen LogP contribution >= 0.6 is 0 Å². The van der Waals surface area contributed by atoms with Gasteiger partial charge in [-0.05, 0) is 63.2 Å². The lowest BCUT2D eigenvalue weighted by molar-refractivity contribution is 0.257. The summed E-state index contributed by atoms with van der Waals surface area (Å²) in [6.07, 6.45) is 10.0. The molecule has 0 spiro atoms. The molecular formula is C17H27N3. The maximum Gasteiger partial charge on any atom is 0.128 e. The molecule has 0 aliphatic carbocycles. The predicted molar refractivity (Wildman–Crippen MR) is 84.1 cm³/mol. The second kappa shape index (κ2) is 6.57. The van der Waals surface area contributed by atoms with Gasteiger partial charge in [0.05, 0.1) is 0 Å². The van der Waals surface area contributed by atoms with E-state index in [0.717, 1.165) is 0 Å². The SMILES string of the molecule is CCCN1CCC[C@@H]1c1ccc(N2CCCCC2)nc1. The number of rotatable bonds is 4. The summed E-state index contributed by atoms with van der Waals surface area (Å²) in [6, 6.07) is 5.16. The highest BCUT2D eigenvalue weighted by Crippen LogP contribution is 2.32. The third-order valence-electron chi connectivity index (χ3n) is 4.71. The Kier molecular flexibility index (Phi) is 4.56. The molecule has 0 unspecified atom stereocenters. The summed E-state index contributed by atoms with van der Waals surface area (Å²) in [5, 5.41) is 0. The van der Waals surface area contributed by atoms with Crippen LogP contribution in [0.15, 0.2) is 18.3 Å². The quantitative estimate of drug-likeness (QED) is 0.835. The summed E-state index contributed by atoms with van der Waals surface area (Å²) in [5.41, 5.74) is 1.41. The molecule has 20 heavy (non-hydrogen) atoms. The molecule has 3 nitrogen and oxygen atoms in total. The van der Waals surface area contributed by atoms with Crippen molar-refractivity contribution in [3.05, 3.63) is 23.9 Å². The Morgan fingerprint density at radius 3 is 2.65 bits per heavy atom. The van der Waals surface area contributed by atoms with Gasteiger partial charge in [0.25, 0.3) is 0 Å². The predicted octanol–water partition coefficient (Wildman–Crippen LogP) is 3.62. The summed E-state index contributed by atoms with van der Waals surface area (Å²) in [4.78, 5) is 9.80. The van der Waals surface area contributed by atoms with Crippen molar-refractivity contribution in [1.29, 1.82) is 0 Å². The van der Waals surface area contributed by atoms with Crippen LogP contribution in [-0.4, -0.2) is 36.1 Å². The largest absolute Gasteiger partial charge is 0.357 e. The number of anilines is 1. The zero-order valence-corrected chi connectivity index (χ0v) is 12.7. The van der Waals surface area contributed by atoms with Crippen molar-refractivity contribution in [2.24, 2.45) is 0 Å². The summed E-state index contributed by atoms with van der Waals surface area (Å²) in [7, 11) is 0. The molecule has 3 heterocycles. The number of hydrogen-bond acceptors (Lipinski definition) is 3. The number of pyridine rings is 1. The molecule has 3 heteroatoms. The van der Waals surface area contributed by atoms with E-state index in [4.69, 9.17) is 4.98 Å². The van der Waals surface area contributed by atoms with Crippen molar-refractivity contribution in [3.8, 4) is 0 Å². The first-order valence-corrected chi connectivity index (χ1v) is 8.33. The first-order valence-electron chi connectivity index (χ1n) is 8.33. The molecule has 110 valence electrons. The fourth-order valence-electron chi connectivity index (χ4n) is 3.66. The molecule has 1 aromatic rings. The van der Waals surface area contributed by atoms with Crippen LogP contribution in [0.3, 0.4) is 0 Å². The lowest BCUT2D eigenvalue weighted by Gasteiger charge is -2.28. The number of nitrogens with zero attached hydrogens (tertiary/aromatic N) is 3. The van der Waals surface area contributed by atoms with Gasteiger partial charge in [0, 0.05) is 25.3 Å². The van der Waals surface area contributed by atoms with Gasteiger partial charge in [-0.3, -0.25) is 4.90 Å². The van der Waals surface area contributed by atoms with E-state index in [1.807, 2.05) is 0 Å². The zero-order chi connectivity index (χ0) is 13.8. The maximum absolute atomic E-state index is 4.74. The first-order chi connectivity index (χ1) is 9.88. The molecule has 0 amide bonds. The van der Waals surface area contributed by atoms with E-state index < -0.39 is 0 Å². The summed E-state index contributed by atoms with van der Waals surface area (Å²) in [5.74, 6) is 1.17. The van der Waals surface area contributed by atoms with E-state index in [2.05, 4.69) is 35.1 Å². The number of likely N-dealkylation sites (tertiary alicyclic amines) is 1. The van der Waals surface area contributed by atoms with Crippen molar-refractivity contribution < 1.29 is 0 Å². The average molecular weight is 273 g/mol. The summed E-state index contributed by atoms with van der Waals surface area (Å²) < 4.78 is 0. The standard InChI is InChI=1S/C17H27N3/c1-2-10-19-13-6-7-16(19)15-8-9-17(18-14-15)20-11-4-3-5-12-20/h8-9,14,16H,2-7,10-13H2,1H3/t16-/m1/s1. The zero-order valence-electron chi connectivity index (χ0n) is 12.7. The van der Waals surface area contributed by atoms with Crippen LogP contribution in [0.1, 0.15) is 57.1 Å². The molecule has 2 fully saturated rings. The average Bonchev–Trinajstić information content (AvgIpc) is 2.97. The Labute approximate surface area is 123 Å². The van der Waals surface area contributed by atoms with Crippen LogP contribution in [0.2, 0.25) is 0 Å². The highest BCUT2D eigenvalue weighted by Gasteiger charge is 2.25. The van der Waals surface area contributed by atoms with Gasteiger partial charge in [0.2, 0.25) is 0 Å². The van der Waals surface area contributed by atoms with E-state index in [9.17, 15) is 0 Å². The van der Waals surface area contributed by atoms with Crippen LogP contribution in [0.25, 0.3) is 0 Å². The second-order valence-electron chi connectivity index (χ2n) is 6.19. The number of aromatic nitrogens is 1. The highest BCUT2D eigenvalue weighted by atomic mass is 15.2. The molecule has 0 bridgehead atoms. The van der Waals surface area contributed by atoms with Gasteiger partial charge in [-0.15, -0.1) is 0 Å². The minimum absolute atomic E-state index is 0.609. The third-order valence-corrected chi connectivity index (χ3v) is 4.71. The number of piperidine rings is 1. The molecule has 2 aliphatic heterocycles. The lowest BCUT2D eigenvalue weighted by Crippen LogP contribution is -2.30. The monoisotopic (exact) mass is 273 g/mol. The molecular weight excluding hydrogens is 246 g/mol. The fraction of sp³-hybridized carbons (Fsp3) is 0.706. The van der Waals surface area contributed by atoms with Crippen molar-refractivity contribution in [1.82, 2.24) is 9.88 Å². The smallest absolute Gasteiger partial charge is 0.128 e. The van der Waals surface area contributed by atoms with E-state index in [-0.39, 0.29) is 0 Å². The molecule has 0 saturated carbocycles. The second-order valence-corrected chi connectivity index (χ2v) is 6.19. The fourth-order valence-corrected chi connectivity index (χ4v) is 3.66. The Bertz CT molecular complexity index is 409. The van der Waals surface area contributed by atoms with Crippen molar-refractivity contribution in [3.63, 3.8) is 0 Å². The van der Waals surface area contributed by atoms with E-state index in [0.29, 0.717) is 6.04 Å². The van der Waals surface area contributed by atoms with Crippen LogP contribution in [0, 0.1) is 0 Å². The van der Waals surface area contributed by atoms with Gasteiger partial charge in [-0.2, -0.15) is 0 Å². The molecule has 2 aliphatic rings. The van der Waals surface area contributed by atoms with Gasteiger partial charge < -0.3 is 4.90 Å². The lowest BCUT2D eigenvalue weighted by atomic mass is 10.1. The van der Waals surface area contributed by atoms with Crippen molar-refractivity contribution in [2.75, 3.05) is 31.1 Å².